The molecule has 2 N–H and O–H groups in total. The predicted octanol–water partition coefficient (Wildman–Crippen LogP) is 2.17. The maximum absolute atomic E-state index is 12.1. The summed E-state index contributed by atoms with van der Waals surface area (Å²) in [4.78, 5) is 0. The monoisotopic (exact) mass is 213 g/mol. The Morgan fingerprint density at radius 3 is 1.46 bits per heavy atom. The molecule has 0 rings (SSSR count). The fourth-order valence-corrected chi connectivity index (χ4v) is 0.546. The molecule has 0 unspecified atom stereocenters. The van der Waals surface area contributed by atoms with Gasteiger partial charge in [0.1, 0.15) is 0 Å². The lowest BCUT2D eigenvalue weighted by atomic mass is 10.1. The average Bonchev–Trinajstić information content (AvgIpc) is 1.84. The van der Waals surface area contributed by atoms with Gasteiger partial charge in [-0.2, -0.15) is 30.7 Å². The lowest BCUT2D eigenvalue weighted by Gasteiger charge is -2.27. The molecule has 0 aliphatic carbocycles. The van der Waals surface area contributed by atoms with Gasteiger partial charge in [-0.25, -0.2) is 0 Å². The molecule has 0 aromatic carbocycles. The molecule has 0 aliphatic heterocycles. The Morgan fingerprint density at radius 1 is 0.846 bits per heavy atom. The molecule has 0 saturated heterocycles. The topological polar surface area (TPSA) is 26.0 Å². The molecule has 13 heavy (non-hydrogen) atoms. The minimum Gasteiger partial charge on any atom is -0.330 e. The van der Waals surface area contributed by atoms with Gasteiger partial charge >= 0.3 is 18.0 Å². The first-order chi connectivity index (χ1) is 5.56. The quantitative estimate of drug-likeness (QED) is 0.714. The van der Waals surface area contributed by atoms with Crippen LogP contribution in [0.5, 0.6) is 0 Å². The Morgan fingerprint density at radius 2 is 1.23 bits per heavy atom. The van der Waals surface area contributed by atoms with Gasteiger partial charge in [0.05, 0.1) is 0 Å². The van der Waals surface area contributed by atoms with Crippen LogP contribution in [0.25, 0.3) is 0 Å². The molecular formula is C5H6F7N. The Bertz CT molecular complexity index is 172. The van der Waals surface area contributed by atoms with Crippen molar-refractivity contribution in [1.29, 1.82) is 0 Å². The van der Waals surface area contributed by atoms with Crippen molar-refractivity contribution in [2.75, 3.05) is 6.54 Å². The molecule has 8 heteroatoms. The second-order valence-corrected chi connectivity index (χ2v) is 2.32. The number of nitrogens with two attached hydrogens (primary N) is 1. The molecule has 0 saturated carbocycles. The summed E-state index contributed by atoms with van der Waals surface area (Å²) in [5.41, 5.74) is 4.47. The van der Waals surface area contributed by atoms with E-state index in [1.807, 2.05) is 0 Å². The van der Waals surface area contributed by atoms with Crippen molar-refractivity contribution in [3.63, 3.8) is 0 Å². The SMILES string of the molecule is NCCC(F)(F)C(F)(F)C(F)(F)F. The highest BCUT2D eigenvalue weighted by Crippen LogP contribution is 2.47. The van der Waals surface area contributed by atoms with Crippen molar-refractivity contribution in [3.8, 4) is 0 Å². The molecule has 0 spiro atoms. The third kappa shape index (κ3) is 2.23. The van der Waals surface area contributed by atoms with Crippen LogP contribution in [0.4, 0.5) is 30.7 Å². The van der Waals surface area contributed by atoms with E-state index in [4.69, 9.17) is 0 Å². The van der Waals surface area contributed by atoms with Gasteiger partial charge in [-0.3, -0.25) is 0 Å². The molecule has 0 aromatic heterocycles. The van der Waals surface area contributed by atoms with Crippen LogP contribution in [0.1, 0.15) is 6.42 Å². The first-order valence-electron chi connectivity index (χ1n) is 3.08. The van der Waals surface area contributed by atoms with Crippen LogP contribution in [0.2, 0.25) is 0 Å². The van der Waals surface area contributed by atoms with Crippen LogP contribution in [0.15, 0.2) is 0 Å². The van der Waals surface area contributed by atoms with Crippen molar-refractivity contribution in [1.82, 2.24) is 0 Å². The summed E-state index contributed by atoms with van der Waals surface area (Å²) in [5, 5.41) is 0. The predicted molar refractivity (Wildman–Crippen MR) is 29.6 cm³/mol. The van der Waals surface area contributed by atoms with Crippen molar-refractivity contribution in [2.45, 2.75) is 24.4 Å². The summed E-state index contributed by atoms with van der Waals surface area (Å²) in [6, 6.07) is 0. The maximum atomic E-state index is 12.1. The fraction of sp³-hybridized carbons (Fsp3) is 1.00. The zero-order valence-electron chi connectivity index (χ0n) is 6.14. The smallest absolute Gasteiger partial charge is 0.330 e. The molecule has 0 fully saturated rings. The number of rotatable bonds is 3. The highest BCUT2D eigenvalue weighted by Gasteiger charge is 2.72. The van der Waals surface area contributed by atoms with E-state index in [2.05, 4.69) is 5.73 Å². The van der Waals surface area contributed by atoms with E-state index >= 15 is 0 Å². The first-order valence-corrected chi connectivity index (χ1v) is 3.08. The largest absolute Gasteiger partial charge is 0.459 e. The Balaban J connectivity index is 4.81. The van der Waals surface area contributed by atoms with Gasteiger partial charge in [0.25, 0.3) is 0 Å². The normalized spacial score (nSPS) is 14.8. The van der Waals surface area contributed by atoms with E-state index in [0.29, 0.717) is 0 Å². The minimum absolute atomic E-state index is 0.946. The van der Waals surface area contributed by atoms with Gasteiger partial charge in [-0.1, -0.05) is 0 Å². The number of halogens is 7. The van der Waals surface area contributed by atoms with E-state index in [-0.39, 0.29) is 0 Å². The van der Waals surface area contributed by atoms with Gasteiger partial charge in [0.15, 0.2) is 0 Å². The van der Waals surface area contributed by atoms with Gasteiger partial charge < -0.3 is 5.73 Å². The summed E-state index contributed by atoms with van der Waals surface area (Å²) >= 11 is 0. The highest BCUT2D eigenvalue weighted by molar-refractivity contribution is 4.90. The molecule has 1 nitrogen and oxygen atoms in total. The molecule has 80 valence electrons. The van der Waals surface area contributed by atoms with E-state index in [0.717, 1.165) is 0 Å². The highest BCUT2D eigenvalue weighted by atomic mass is 19.4. The van der Waals surface area contributed by atoms with E-state index in [9.17, 15) is 30.7 Å². The Hall–Kier alpha value is -0.530. The summed E-state index contributed by atoms with van der Waals surface area (Å²) in [7, 11) is 0. The lowest BCUT2D eigenvalue weighted by molar-refractivity contribution is -0.355. The summed E-state index contributed by atoms with van der Waals surface area (Å²) in [6.45, 7) is -0.946. The number of hydrogen-bond acceptors (Lipinski definition) is 1. The van der Waals surface area contributed by atoms with Crippen LogP contribution < -0.4 is 5.73 Å². The number of alkyl halides is 7. The fourth-order valence-electron chi connectivity index (χ4n) is 0.546. The molecule has 0 heterocycles. The molecule has 0 radical (unpaired) electrons. The molecule has 0 aliphatic rings. The third-order valence-electron chi connectivity index (χ3n) is 1.27. The molecule has 0 bridgehead atoms. The van der Waals surface area contributed by atoms with Crippen LogP contribution in [0, 0.1) is 0 Å². The van der Waals surface area contributed by atoms with Crippen LogP contribution in [0.3, 0.4) is 0 Å². The van der Waals surface area contributed by atoms with Gasteiger partial charge in [0, 0.05) is 6.42 Å². The van der Waals surface area contributed by atoms with E-state index in [1.165, 1.54) is 0 Å². The van der Waals surface area contributed by atoms with Crippen molar-refractivity contribution >= 4 is 0 Å². The summed E-state index contributed by atoms with van der Waals surface area (Å²) in [5.74, 6) is -11.2. The lowest BCUT2D eigenvalue weighted by Crippen LogP contribution is -2.52. The van der Waals surface area contributed by atoms with Crippen molar-refractivity contribution < 1.29 is 30.7 Å². The molecule has 0 atom stereocenters. The summed E-state index contributed by atoms with van der Waals surface area (Å²) < 4.78 is 82.4. The maximum Gasteiger partial charge on any atom is 0.459 e. The third-order valence-corrected chi connectivity index (χ3v) is 1.27. The average molecular weight is 213 g/mol. The Kier molecular flexibility index (Phi) is 3.18. The van der Waals surface area contributed by atoms with Crippen molar-refractivity contribution in [3.05, 3.63) is 0 Å². The zero-order valence-corrected chi connectivity index (χ0v) is 6.14. The van der Waals surface area contributed by atoms with Crippen LogP contribution >= 0.6 is 0 Å². The zero-order chi connectivity index (χ0) is 10.9. The minimum atomic E-state index is -6.26. The molecule has 0 aromatic rings. The second-order valence-electron chi connectivity index (χ2n) is 2.32. The van der Waals surface area contributed by atoms with Crippen LogP contribution in [-0.2, 0) is 0 Å². The van der Waals surface area contributed by atoms with E-state index < -0.39 is 31.0 Å². The first kappa shape index (κ1) is 12.5. The number of hydrogen-bond donors (Lipinski definition) is 1. The van der Waals surface area contributed by atoms with Gasteiger partial charge in [-0.15, -0.1) is 0 Å². The van der Waals surface area contributed by atoms with E-state index in [1.54, 1.807) is 0 Å². The van der Waals surface area contributed by atoms with Crippen molar-refractivity contribution in [2.24, 2.45) is 5.73 Å². The second kappa shape index (κ2) is 3.32. The standard InChI is InChI=1S/C5H6F7N/c6-3(7,1-2-13)4(8,9)5(10,11)12/h1-2,13H2. The van der Waals surface area contributed by atoms with Gasteiger partial charge in [-0.05, 0) is 6.54 Å². The summed E-state index contributed by atoms with van der Waals surface area (Å²) in [6.07, 6.45) is -7.97. The van der Waals surface area contributed by atoms with Crippen LogP contribution in [-0.4, -0.2) is 24.6 Å². The molecule has 0 amide bonds. The molecular weight excluding hydrogens is 207 g/mol. The Labute approximate surface area is 68.7 Å². The van der Waals surface area contributed by atoms with Gasteiger partial charge in [0.2, 0.25) is 0 Å².